The number of carbonyl (C=O) groups excluding carboxylic acids is 1. The lowest BCUT2D eigenvalue weighted by atomic mass is 9.52. The maximum Gasteiger partial charge on any atom is 0.209 e. The highest BCUT2D eigenvalue weighted by Gasteiger charge is 2.58. The minimum absolute atomic E-state index is 0.0489. The predicted molar refractivity (Wildman–Crippen MR) is 231 cm³/mol. The van der Waals surface area contributed by atoms with Crippen LogP contribution >= 0.6 is 0 Å². The third kappa shape index (κ3) is 6.14. The zero-order chi connectivity index (χ0) is 39.4. The Balaban J connectivity index is 0.985. The summed E-state index contributed by atoms with van der Waals surface area (Å²) in [6, 6.07) is 22.1. The second-order valence-electron chi connectivity index (χ2n) is 20.3. The molecule has 0 N–H and O–H groups in total. The van der Waals surface area contributed by atoms with Crippen molar-refractivity contribution in [3.05, 3.63) is 130 Å². The first-order chi connectivity index (χ1) is 27.4. The number of carbonyl (C=O) groups is 1. The third-order valence-electron chi connectivity index (χ3n) is 15.5. The van der Waals surface area contributed by atoms with E-state index in [4.69, 9.17) is 0 Å². The van der Waals surface area contributed by atoms with E-state index >= 15 is 0 Å². The Labute approximate surface area is 340 Å². The van der Waals surface area contributed by atoms with Crippen LogP contribution in [0.15, 0.2) is 102 Å². The van der Waals surface area contributed by atoms with Gasteiger partial charge in [-0.3, -0.25) is 4.79 Å². The number of rotatable bonds is 6. The molecule has 3 aromatic rings. The number of hydrogen-bond donors (Lipinski definition) is 0. The van der Waals surface area contributed by atoms with E-state index in [0.717, 1.165) is 40.5 Å². The lowest BCUT2D eigenvalue weighted by molar-refractivity contribution is -0.555. The monoisotopic (exact) mass is 756 g/mol. The first kappa shape index (κ1) is 36.9. The SMILES string of the molecule is Cc1ccc(N(c2ccc(C3=C([O-])C(=C4C=CC(=[N+](c5ccc(C)cc5C)C56CC7CC(CC(C7)C5)C6)C=C4)C3=O)cc2)C23CC(C)CC(CC(C)C2)C3)c(C)c1. The van der Waals surface area contributed by atoms with Crippen molar-refractivity contribution in [2.45, 2.75) is 123 Å². The van der Waals surface area contributed by atoms with Crippen molar-refractivity contribution in [2.24, 2.45) is 35.5 Å². The van der Waals surface area contributed by atoms with Crippen LogP contribution in [0.2, 0.25) is 0 Å². The van der Waals surface area contributed by atoms with Gasteiger partial charge in [0.15, 0.2) is 11.3 Å². The van der Waals surface area contributed by atoms with Crippen molar-refractivity contribution in [2.75, 3.05) is 4.90 Å². The summed E-state index contributed by atoms with van der Waals surface area (Å²) in [5, 5.41) is 14.0. The van der Waals surface area contributed by atoms with Gasteiger partial charge in [-0.15, -0.1) is 0 Å². The van der Waals surface area contributed by atoms with Crippen LogP contribution in [0, 0.1) is 63.2 Å². The molecule has 0 amide bonds. The summed E-state index contributed by atoms with van der Waals surface area (Å²) < 4.78 is 2.67. The molecule has 2 atom stereocenters. The number of ketones is 1. The first-order valence-electron chi connectivity index (χ1n) is 22.2. The van der Waals surface area contributed by atoms with Crippen molar-refractivity contribution in [3.8, 4) is 0 Å². The van der Waals surface area contributed by atoms with Gasteiger partial charge in [0.1, 0.15) is 0 Å². The van der Waals surface area contributed by atoms with Crippen molar-refractivity contribution < 1.29 is 14.5 Å². The highest BCUT2D eigenvalue weighted by molar-refractivity contribution is 6.39. The van der Waals surface area contributed by atoms with Gasteiger partial charge < -0.3 is 10.0 Å². The smallest absolute Gasteiger partial charge is 0.209 e. The molecule has 4 heteroatoms. The molecule has 294 valence electrons. The van der Waals surface area contributed by atoms with Gasteiger partial charge in [0.25, 0.3) is 0 Å². The summed E-state index contributed by atoms with van der Waals surface area (Å²) in [4.78, 5) is 16.6. The third-order valence-corrected chi connectivity index (χ3v) is 15.5. The summed E-state index contributed by atoms with van der Waals surface area (Å²) in [7, 11) is 0. The molecule has 2 unspecified atom stereocenters. The number of fused-ring (bicyclic) bond motifs is 2. The quantitative estimate of drug-likeness (QED) is 0.186. The fraction of sp³-hybridized carbons (Fsp3) is 0.472. The maximum absolute atomic E-state index is 14.0. The van der Waals surface area contributed by atoms with Crippen molar-refractivity contribution in [1.82, 2.24) is 0 Å². The molecule has 11 rings (SSSR count). The van der Waals surface area contributed by atoms with Gasteiger partial charge in [0.2, 0.25) is 11.4 Å². The van der Waals surface area contributed by atoms with E-state index in [1.54, 1.807) is 0 Å². The van der Waals surface area contributed by atoms with Crippen LogP contribution in [0.25, 0.3) is 5.57 Å². The van der Waals surface area contributed by atoms with Crippen molar-refractivity contribution in [1.29, 1.82) is 0 Å². The second-order valence-corrected chi connectivity index (χ2v) is 20.3. The minimum Gasteiger partial charge on any atom is -0.871 e. The molecule has 8 aliphatic rings. The van der Waals surface area contributed by atoms with E-state index in [1.807, 2.05) is 24.3 Å². The standard InChI is InChI=1S/C53H60N2O2/c1-32-7-17-46(36(5)19-32)54(52-26-34(3)21-38(28-52)22-35(4)27-52)44-13-9-42(10-14-44)48-50(56)49(51(48)57)43-11-15-45(16-12-43)55(47-18-8-33(2)20-37(47)6)53-29-39-23-40(30-53)25-41(24-39)31-53/h7-20,34-35,38-41H,21-31H2,1-6H3. The highest BCUT2D eigenvalue weighted by atomic mass is 16.3. The van der Waals surface area contributed by atoms with Gasteiger partial charge >= 0.3 is 0 Å². The van der Waals surface area contributed by atoms with Crippen molar-refractivity contribution in [3.63, 3.8) is 0 Å². The van der Waals surface area contributed by atoms with Gasteiger partial charge in [-0.05, 0) is 168 Å². The number of anilines is 2. The highest BCUT2D eigenvalue weighted by Crippen LogP contribution is 2.59. The first-order valence-corrected chi connectivity index (χ1v) is 22.2. The lowest BCUT2D eigenvalue weighted by Crippen LogP contribution is -2.56. The summed E-state index contributed by atoms with van der Waals surface area (Å²) in [6.07, 6.45) is 22.6. The van der Waals surface area contributed by atoms with Crippen LogP contribution in [0.5, 0.6) is 0 Å². The second kappa shape index (κ2) is 13.6. The van der Waals surface area contributed by atoms with E-state index in [0.29, 0.717) is 23.0 Å². The summed E-state index contributed by atoms with van der Waals surface area (Å²) in [6.45, 7) is 13.7. The van der Waals surface area contributed by atoms with Crippen molar-refractivity contribution >= 4 is 34.1 Å². The summed E-state index contributed by atoms with van der Waals surface area (Å²) in [5.74, 6) is 4.30. The Morgan fingerprint density at radius 3 is 1.75 bits per heavy atom. The van der Waals surface area contributed by atoms with Gasteiger partial charge in [0, 0.05) is 71.1 Å². The zero-order valence-corrected chi connectivity index (χ0v) is 35.0. The Morgan fingerprint density at radius 2 is 1.19 bits per heavy atom. The van der Waals surface area contributed by atoms with Crippen LogP contribution < -0.4 is 10.0 Å². The number of nitrogens with zero attached hydrogens (tertiary/aromatic N) is 2. The molecule has 0 heterocycles. The Hall–Kier alpha value is -4.44. The molecule has 57 heavy (non-hydrogen) atoms. The van der Waals surface area contributed by atoms with E-state index in [-0.39, 0.29) is 22.6 Å². The largest absolute Gasteiger partial charge is 0.871 e. The molecule has 0 radical (unpaired) electrons. The maximum atomic E-state index is 14.0. The molecule has 6 bridgehead atoms. The number of Topliss-reactive ketones (excluding diaryl/α,β-unsaturated/α-hetero) is 1. The van der Waals surface area contributed by atoms with Crippen LogP contribution in [-0.2, 0) is 4.79 Å². The molecule has 6 saturated carbocycles. The van der Waals surface area contributed by atoms with Crippen LogP contribution in [0.3, 0.4) is 0 Å². The van der Waals surface area contributed by atoms with E-state index in [1.165, 1.54) is 110 Å². The molecule has 4 nitrogen and oxygen atoms in total. The normalized spacial score (nSPS) is 32.6. The van der Waals surface area contributed by atoms with E-state index < -0.39 is 0 Å². The molecule has 8 aliphatic carbocycles. The summed E-state index contributed by atoms with van der Waals surface area (Å²) >= 11 is 0. The van der Waals surface area contributed by atoms with Crippen LogP contribution in [0.1, 0.15) is 112 Å². The number of allylic oxidation sites excluding steroid dienone is 7. The van der Waals surface area contributed by atoms with Gasteiger partial charge in [-0.25, -0.2) is 0 Å². The van der Waals surface area contributed by atoms with E-state index in [2.05, 4.69) is 112 Å². The molecule has 6 fully saturated rings. The Bertz CT molecular complexity index is 2260. The molecular formula is C53H60N2O2. The van der Waals surface area contributed by atoms with E-state index in [9.17, 15) is 9.90 Å². The molecule has 0 aromatic heterocycles. The summed E-state index contributed by atoms with van der Waals surface area (Å²) in [5.41, 5.74) is 12.3. The predicted octanol–water partition coefficient (Wildman–Crippen LogP) is 11.5. The fourth-order valence-corrected chi connectivity index (χ4v) is 14.2. The van der Waals surface area contributed by atoms with Crippen LogP contribution in [0.4, 0.5) is 17.1 Å². The fourth-order valence-electron chi connectivity index (χ4n) is 14.2. The van der Waals surface area contributed by atoms with Gasteiger partial charge in [-0.1, -0.05) is 61.1 Å². The van der Waals surface area contributed by atoms with Gasteiger partial charge in [0.05, 0.1) is 0 Å². The van der Waals surface area contributed by atoms with Gasteiger partial charge in [-0.2, -0.15) is 4.58 Å². The molecule has 0 spiro atoms. The number of benzene rings is 3. The molecule has 0 aliphatic heterocycles. The lowest BCUT2D eigenvalue weighted by Gasteiger charge is -2.56. The number of hydrogen-bond acceptors (Lipinski definition) is 3. The molecular weight excluding hydrogens is 697 g/mol. The van der Waals surface area contributed by atoms with Crippen LogP contribution in [-0.4, -0.2) is 27.1 Å². The molecule has 0 saturated heterocycles. The molecule has 3 aromatic carbocycles. The topological polar surface area (TPSA) is 46.4 Å². The average Bonchev–Trinajstić information content (AvgIpc) is 3.14. The number of aryl methyl sites for hydroxylation is 4. The Kier molecular flexibility index (Phi) is 8.78. The Morgan fingerprint density at radius 1 is 0.632 bits per heavy atom. The minimum atomic E-state index is -0.136. The average molecular weight is 757 g/mol. The zero-order valence-electron chi connectivity index (χ0n) is 35.0.